The Morgan fingerprint density at radius 3 is 2.74 bits per heavy atom. The standard InChI is InChI=1S/C13H17BrN4S/c1-4-11-16-12(15)8(2)13(17-11)18(3)6-9-5-10(14)19-7-9/h5,7H,4,6H2,1-3H3,(H2,15,16,17). The van der Waals surface area contributed by atoms with Gasteiger partial charge < -0.3 is 10.6 Å². The molecule has 2 rings (SSSR count). The lowest BCUT2D eigenvalue weighted by Crippen LogP contribution is -2.20. The number of nitrogen functional groups attached to an aromatic ring is 1. The number of aromatic nitrogens is 2. The third-order valence-electron chi connectivity index (χ3n) is 2.92. The summed E-state index contributed by atoms with van der Waals surface area (Å²) in [6.45, 7) is 4.80. The van der Waals surface area contributed by atoms with Crippen molar-refractivity contribution in [2.75, 3.05) is 17.7 Å². The van der Waals surface area contributed by atoms with Crippen LogP contribution >= 0.6 is 27.3 Å². The van der Waals surface area contributed by atoms with Gasteiger partial charge in [0.15, 0.2) is 0 Å². The average Bonchev–Trinajstić information content (AvgIpc) is 2.77. The average molecular weight is 341 g/mol. The number of thiophene rings is 1. The monoisotopic (exact) mass is 340 g/mol. The maximum Gasteiger partial charge on any atom is 0.137 e. The highest BCUT2D eigenvalue weighted by molar-refractivity contribution is 9.11. The fraction of sp³-hybridized carbons (Fsp3) is 0.385. The van der Waals surface area contributed by atoms with Crippen molar-refractivity contribution in [3.8, 4) is 0 Å². The summed E-state index contributed by atoms with van der Waals surface area (Å²) in [5.41, 5.74) is 8.15. The van der Waals surface area contributed by atoms with E-state index in [2.05, 4.69) is 42.2 Å². The highest BCUT2D eigenvalue weighted by atomic mass is 79.9. The van der Waals surface area contributed by atoms with E-state index in [-0.39, 0.29) is 0 Å². The molecule has 19 heavy (non-hydrogen) atoms. The molecule has 102 valence electrons. The van der Waals surface area contributed by atoms with E-state index < -0.39 is 0 Å². The topological polar surface area (TPSA) is 55.0 Å². The first-order chi connectivity index (χ1) is 9.01. The molecule has 2 aromatic rings. The van der Waals surface area contributed by atoms with E-state index in [0.717, 1.165) is 34.0 Å². The van der Waals surface area contributed by atoms with Crippen LogP contribution in [-0.4, -0.2) is 17.0 Å². The molecule has 0 saturated carbocycles. The lowest BCUT2D eigenvalue weighted by Gasteiger charge is -2.21. The lowest BCUT2D eigenvalue weighted by atomic mass is 10.2. The molecule has 0 unspecified atom stereocenters. The first kappa shape index (κ1) is 14.3. The van der Waals surface area contributed by atoms with Gasteiger partial charge in [-0.1, -0.05) is 6.92 Å². The van der Waals surface area contributed by atoms with Crippen LogP contribution in [-0.2, 0) is 13.0 Å². The van der Waals surface area contributed by atoms with Gasteiger partial charge in [0.1, 0.15) is 17.5 Å². The van der Waals surface area contributed by atoms with Crippen molar-refractivity contribution in [1.29, 1.82) is 0 Å². The number of aryl methyl sites for hydroxylation is 1. The molecule has 0 atom stereocenters. The fourth-order valence-corrected chi connectivity index (χ4v) is 3.08. The highest BCUT2D eigenvalue weighted by Gasteiger charge is 2.12. The Morgan fingerprint density at radius 1 is 1.42 bits per heavy atom. The number of nitrogens with zero attached hydrogens (tertiary/aromatic N) is 3. The molecule has 4 nitrogen and oxygen atoms in total. The molecular formula is C13H17BrN4S. The Morgan fingerprint density at radius 2 is 2.16 bits per heavy atom. The lowest BCUT2D eigenvalue weighted by molar-refractivity contribution is 0.854. The van der Waals surface area contributed by atoms with Crippen LogP contribution in [0.25, 0.3) is 0 Å². The van der Waals surface area contributed by atoms with Crippen LogP contribution in [0.15, 0.2) is 15.2 Å². The minimum Gasteiger partial charge on any atom is -0.383 e. The van der Waals surface area contributed by atoms with E-state index in [0.29, 0.717) is 5.82 Å². The van der Waals surface area contributed by atoms with Gasteiger partial charge in [0.05, 0.1) is 3.79 Å². The molecule has 0 amide bonds. The number of rotatable bonds is 4. The van der Waals surface area contributed by atoms with E-state index in [9.17, 15) is 0 Å². The maximum atomic E-state index is 5.95. The second kappa shape index (κ2) is 5.88. The predicted octanol–water partition coefficient (Wildman–Crippen LogP) is 3.39. The largest absolute Gasteiger partial charge is 0.383 e. The summed E-state index contributed by atoms with van der Waals surface area (Å²) >= 11 is 5.17. The molecule has 2 heterocycles. The molecule has 0 aromatic carbocycles. The summed E-state index contributed by atoms with van der Waals surface area (Å²) in [6.07, 6.45) is 0.787. The SMILES string of the molecule is CCc1nc(N)c(C)c(N(C)Cc2csc(Br)c2)n1. The zero-order valence-electron chi connectivity index (χ0n) is 11.3. The van der Waals surface area contributed by atoms with Gasteiger partial charge in [0.25, 0.3) is 0 Å². The zero-order chi connectivity index (χ0) is 14.0. The van der Waals surface area contributed by atoms with E-state index in [4.69, 9.17) is 5.73 Å². The summed E-state index contributed by atoms with van der Waals surface area (Å²) in [7, 11) is 2.03. The fourth-order valence-electron chi connectivity index (χ4n) is 1.88. The van der Waals surface area contributed by atoms with Gasteiger partial charge in [-0.15, -0.1) is 11.3 Å². The molecule has 2 N–H and O–H groups in total. The van der Waals surface area contributed by atoms with Crippen molar-refractivity contribution in [2.24, 2.45) is 0 Å². The predicted molar refractivity (Wildman–Crippen MR) is 84.7 cm³/mol. The molecule has 0 aliphatic heterocycles. The van der Waals surface area contributed by atoms with Gasteiger partial charge in [-0.05, 0) is 39.9 Å². The van der Waals surface area contributed by atoms with Crippen LogP contribution in [0.4, 0.5) is 11.6 Å². The number of halogens is 1. The molecule has 0 saturated heterocycles. The van der Waals surface area contributed by atoms with Crippen molar-refractivity contribution in [2.45, 2.75) is 26.8 Å². The first-order valence-electron chi connectivity index (χ1n) is 6.08. The molecule has 0 spiro atoms. The summed E-state index contributed by atoms with van der Waals surface area (Å²) in [5.74, 6) is 2.27. The van der Waals surface area contributed by atoms with Crippen LogP contribution in [0, 0.1) is 6.92 Å². The Labute approximate surface area is 125 Å². The Bertz CT molecular complexity index is 582. The molecule has 2 aromatic heterocycles. The van der Waals surface area contributed by atoms with E-state index >= 15 is 0 Å². The highest BCUT2D eigenvalue weighted by Crippen LogP contribution is 2.25. The third kappa shape index (κ3) is 3.25. The number of nitrogens with two attached hydrogens (primary N) is 1. The van der Waals surface area contributed by atoms with Gasteiger partial charge in [0, 0.05) is 25.6 Å². The quantitative estimate of drug-likeness (QED) is 0.926. The van der Waals surface area contributed by atoms with Gasteiger partial charge in [0.2, 0.25) is 0 Å². The van der Waals surface area contributed by atoms with Crippen molar-refractivity contribution in [3.63, 3.8) is 0 Å². The molecule has 0 aliphatic carbocycles. The number of anilines is 2. The summed E-state index contributed by atoms with van der Waals surface area (Å²) in [4.78, 5) is 11.0. The van der Waals surface area contributed by atoms with Crippen LogP contribution in [0.3, 0.4) is 0 Å². The minimum absolute atomic E-state index is 0.570. The molecule has 0 aliphatic rings. The van der Waals surface area contributed by atoms with Gasteiger partial charge in [-0.25, -0.2) is 9.97 Å². The summed E-state index contributed by atoms with van der Waals surface area (Å²) in [5, 5.41) is 2.14. The molecule has 6 heteroatoms. The van der Waals surface area contributed by atoms with Crippen LogP contribution in [0.1, 0.15) is 23.9 Å². The van der Waals surface area contributed by atoms with E-state index in [1.807, 2.05) is 20.9 Å². The van der Waals surface area contributed by atoms with Crippen molar-refractivity contribution in [1.82, 2.24) is 9.97 Å². The molecular weight excluding hydrogens is 324 g/mol. The Kier molecular flexibility index (Phi) is 4.42. The van der Waals surface area contributed by atoms with Gasteiger partial charge in [-0.2, -0.15) is 0 Å². The van der Waals surface area contributed by atoms with Crippen LogP contribution in [0.2, 0.25) is 0 Å². The second-order valence-corrected chi connectivity index (χ2v) is 6.73. The maximum absolute atomic E-state index is 5.95. The van der Waals surface area contributed by atoms with E-state index in [1.165, 1.54) is 5.56 Å². The smallest absolute Gasteiger partial charge is 0.137 e. The number of hydrogen-bond donors (Lipinski definition) is 1. The number of hydrogen-bond acceptors (Lipinski definition) is 5. The molecule has 0 fully saturated rings. The zero-order valence-corrected chi connectivity index (χ0v) is 13.7. The van der Waals surface area contributed by atoms with Crippen molar-refractivity contribution >= 4 is 38.9 Å². The normalized spacial score (nSPS) is 10.7. The summed E-state index contributed by atoms with van der Waals surface area (Å²) < 4.78 is 1.14. The Balaban J connectivity index is 2.27. The minimum atomic E-state index is 0.570. The summed E-state index contributed by atoms with van der Waals surface area (Å²) in [6, 6.07) is 2.13. The van der Waals surface area contributed by atoms with Crippen molar-refractivity contribution < 1.29 is 0 Å². The first-order valence-corrected chi connectivity index (χ1v) is 7.75. The molecule has 0 radical (unpaired) electrons. The van der Waals surface area contributed by atoms with Gasteiger partial charge >= 0.3 is 0 Å². The third-order valence-corrected chi connectivity index (χ3v) is 4.48. The van der Waals surface area contributed by atoms with Crippen molar-refractivity contribution in [3.05, 3.63) is 32.2 Å². The molecule has 0 bridgehead atoms. The second-order valence-electron chi connectivity index (χ2n) is 4.44. The Hall–Kier alpha value is -1.14. The van der Waals surface area contributed by atoms with Gasteiger partial charge in [-0.3, -0.25) is 0 Å². The van der Waals surface area contributed by atoms with Crippen LogP contribution < -0.4 is 10.6 Å². The van der Waals surface area contributed by atoms with Crippen LogP contribution in [0.5, 0.6) is 0 Å². The van der Waals surface area contributed by atoms with E-state index in [1.54, 1.807) is 11.3 Å².